The first-order chi connectivity index (χ1) is 15.2. The standard InChI is InChI=1S/C24H31N3O2S2Si/c1-26(17-19-11-14-31-18-19)12-13-28-21-8-6-7-20(15-21)27(2)24(30)29-23-10-9-22(16-25-23)32(3,4)5/h6-11,14-16,18H,12-13,17H2,1-5H3. The Morgan fingerprint density at radius 1 is 1.12 bits per heavy atom. The number of nitrogens with zero attached hydrogens (tertiary/aromatic N) is 3. The molecule has 2 aromatic heterocycles. The van der Waals surface area contributed by atoms with Gasteiger partial charge in [-0.15, -0.1) is 0 Å². The molecule has 0 saturated carbocycles. The molecule has 0 radical (unpaired) electrons. The molecule has 8 heteroatoms. The van der Waals surface area contributed by atoms with Crippen molar-refractivity contribution >= 4 is 47.7 Å². The number of aromatic nitrogens is 1. The summed E-state index contributed by atoms with van der Waals surface area (Å²) in [7, 11) is 2.59. The van der Waals surface area contributed by atoms with E-state index in [1.807, 2.05) is 48.5 Å². The third-order valence-corrected chi connectivity index (χ3v) is 8.16. The molecule has 2 heterocycles. The highest BCUT2D eigenvalue weighted by molar-refractivity contribution is 7.80. The summed E-state index contributed by atoms with van der Waals surface area (Å²) in [6.45, 7) is 9.26. The van der Waals surface area contributed by atoms with Gasteiger partial charge in [0.15, 0.2) is 0 Å². The molecule has 0 aliphatic carbocycles. The Morgan fingerprint density at radius 3 is 2.59 bits per heavy atom. The molecule has 0 spiro atoms. The predicted molar refractivity (Wildman–Crippen MR) is 141 cm³/mol. The summed E-state index contributed by atoms with van der Waals surface area (Å²) in [6.07, 6.45) is 1.90. The quantitative estimate of drug-likeness (QED) is 0.314. The zero-order chi connectivity index (χ0) is 23.1. The molecule has 5 nitrogen and oxygen atoms in total. The number of thiophene rings is 1. The Labute approximate surface area is 201 Å². The highest BCUT2D eigenvalue weighted by atomic mass is 32.1. The summed E-state index contributed by atoms with van der Waals surface area (Å²) in [4.78, 5) is 8.50. The first-order valence-electron chi connectivity index (χ1n) is 10.6. The van der Waals surface area contributed by atoms with Gasteiger partial charge in [-0.1, -0.05) is 31.8 Å². The number of hydrogen-bond donors (Lipinski definition) is 0. The number of likely N-dealkylation sites (N-methyl/N-ethyl adjacent to an activating group) is 1. The second-order valence-electron chi connectivity index (χ2n) is 8.78. The molecule has 0 N–H and O–H groups in total. The number of pyridine rings is 1. The lowest BCUT2D eigenvalue weighted by molar-refractivity contribution is 0.233. The maximum Gasteiger partial charge on any atom is 0.270 e. The van der Waals surface area contributed by atoms with E-state index in [2.05, 4.69) is 59.5 Å². The summed E-state index contributed by atoms with van der Waals surface area (Å²) >= 11 is 7.22. The molecule has 32 heavy (non-hydrogen) atoms. The van der Waals surface area contributed by atoms with Gasteiger partial charge in [-0.05, 0) is 59.0 Å². The fourth-order valence-electron chi connectivity index (χ4n) is 3.02. The fourth-order valence-corrected chi connectivity index (χ4v) is 4.91. The Morgan fingerprint density at radius 2 is 1.94 bits per heavy atom. The monoisotopic (exact) mass is 485 g/mol. The molecule has 3 rings (SSSR count). The van der Waals surface area contributed by atoms with E-state index in [9.17, 15) is 0 Å². The molecule has 0 bridgehead atoms. The molecule has 0 unspecified atom stereocenters. The second kappa shape index (κ2) is 11.0. The van der Waals surface area contributed by atoms with E-state index in [0.717, 1.165) is 24.5 Å². The highest BCUT2D eigenvalue weighted by Crippen LogP contribution is 2.21. The Kier molecular flexibility index (Phi) is 8.42. The summed E-state index contributed by atoms with van der Waals surface area (Å²) in [5.74, 6) is 1.31. The minimum absolute atomic E-state index is 0.339. The van der Waals surface area contributed by atoms with Crippen LogP contribution in [0, 0.1) is 0 Å². The third-order valence-electron chi connectivity index (χ3n) is 5.05. The van der Waals surface area contributed by atoms with E-state index in [1.54, 1.807) is 11.3 Å². The molecule has 0 atom stereocenters. The van der Waals surface area contributed by atoms with Crippen molar-refractivity contribution < 1.29 is 9.47 Å². The fraction of sp³-hybridized carbons (Fsp3) is 0.333. The molecule has 0 aliphatic rings. The van der Waals surface area contributed by atoms with Crippen LogP contribution in [0.15, 0.2) is 59.4 Å². The van der Waals surface area contributed by atoms with E-state index >= 15 is 0 Å². The third kappa shape index (κ3) is 7.13. The van der Waals surface area contributed by atoms with Crippen LogP contribution in [0.25, 0.3) is 0 Å². The van der Waals surface area contributed by atoms with Crippen molar-refractivity contribution in [3.05, 3.63) is 65.0 Å². The van der Waals surface area contributed by atoms with Crippen LogP contribution in [-0.2, 0) is 6.54 Å². The summed E-state index contributed by atoms with van der Waals surface area (Å²) in [5, 5.41) is 5.91. The van der Waals surface area contributed by atoms with Crippen LogP contribution in [-0.4, -0.2) is 50.4 Å². The lowest BCUT2D eigenvalue weighted by atomic mass is 10.3. The maximum absolute atomic E-state index is 5.97. The molecule has 0 fully saturated rings. The van der Waals surface area contributed by atoms with Gasteiger partial charge in [-0.3, -0.25) is 4.90 Å². The van der Waals surface area contributed by atoms with Crippen LogP contribution in [0.2, 0.25) is 19.6 Å². The Hall–Kier alpha value is -2.26. The predicted octanol–water partition coefficient (Wildman–Crippen LogP) is 5.00. The zero-order valence-electron chi connectivity index (χ0n) is 19.4. The van der Waals surface area contributed by atoms with Crippen molar-refractivity contribution in [3.8, 4) is 11.6 Å². The van der Waals surface area contributed by atoms with Crippen LogP contribution in [0.1, 0.15) is 5.56 Å². The number of benzene rings is 1. The molecule has 170 valence electrons. The molecule has 0 saturated heterocycles. The van der Waals surface area contributed by atoms with Gasteiger partial charge < -0.3 is 14.4 Å². The minimum Gasteiger partial charge on any atom is -0.492 e. The Bertz CT molecular complexity index is 1000. The van der Waals surface area contributed by atoms with E-state index in [0.29, 0.717) is 17.7 Å². The Balaban J connectivity index is 1.52. The van der Waals surface area contributed by atoms with E-state index in [-0.39, 0.29) is 0 Å². The van der Waals surface area contributed by atoms with Gasteiger partial charge in [0.05, 0.1) is 8.07 Å². The number of thiocarbonyl (C=S) groups is 1. The first-order valence-corrected chi connectivity index (χ1v) is 15.4. The van der Waals surface area contributed by atoms with Crippen LogP contribution >= 0.6 is 23.6 Å². The number of anilines is 1. The van der Waals surface area contributed by atoms with Crippen molar-refractivity contribution in [2.75, 3.05) is 32.1 Å². The van der Waals surface area contributed by atoms with E-state index in [1.165, 1.54) is 10.8 Å². The molecule has 0 aliphatic heterocycles. The van der Waals surface area contributed by atoms with Gasteiger partial charge in [0.1, 0.15) is 12.4 Å². The smallest absolute Gasteiger partial charge is 0.270 e. The van der Waals surface area contributed by atoms with Crippen molar-refractivity contribution in [1.29, 1.82) is 0 Å². The second-order valence-corrected chi connectivity index (χ2v) is 15.0. The average Bonchev–Trinajstić information content (AvgIpc) is 3.26. The number of ether oxygens (including phenoxy) is 2. The molecule has 3 aromatic rings. The minimum atomic E-state index is -1.39. The SMILES string of the molecule is CN(CCOc1cccc(N(C)C(=S)Oc2ccc([Si](C)(C)C)cn2)c1)Cc1ccsc1. The van der Waals surface area contributed by atoms with Gasteiger partial charge in [0, 0.05) is 44.2 Å². The van der Waals surface area contributed by atoms with Crippen molar-refractivity contribution in [3.63, 3.8) is 0 Å². The van der Waals surface area contributed by atoms with Gasteiger partial charge in [-0.2, -0.15) is 11.3 Å². The van der Waals surface area contributed by atoms with Gasteiger partial charge in [0.2, 0.25) is 5.88 Å². The normalized spacial score (nSPS) is 11.4. The highest BCUT2D eigenvalue weighted by Gasteiger charge is 2.17. The molecule has 0 amide bonds. The van der Waals surface area contributed by atoms with E-state index < -0.39 is 8.07 Å². The van der Waals surface area contributed by atoms with E-state index in [4.69, 9.17) is 21.7 Å². The van der Waals surface area contributed by atoms with Gasteiger partial charge in [0.25, 0.3) is 5.17 Å². The van der Waals surface area contributed by atoms with Crippen LogP contribution < -0.4 is 19.6 Å². The van der Waals surface area contributed by atoms with Gasteiger partial charge in [-0.25, -0.2) is 4.98 Å². The topological polar surface area (TPSA) is 37.8 Å². The molecular formula is C24H31N3O2S2Si. The maximum atomic E-state index is 5.97. The van der Waals surface area contributed by atoms with Crippen molar-refractivity contribution in [2.45, 2.75) is 26.2 Å². The molecular weight excluding hydrogens is 455 g/mol. The van der Waals surface area contributed by atoms with Crippen molar-refractivity contribution in [1.82, 2.24) is 9.88 Å². The van der Waals surface area contributed by atoms with Crippen LogP contribution in [0.3, 0.4) is 0 Å². The largest absolute Gasteiger partial charge is 0.492 e. The number of rotatable bonds is 9. The van der Waals surface area contributed by atoms with Crippen LogP contribution in [0.4, 0.5) is 5.69 Å². The van der Waals surface area contributed by atoms with Crippen LogP contribution in [0.5, 0.6) is 11.6 Å². The van der Waals surface area contributed by atoms with Gasteiger partial charge >= 0.3 is 0 Å². The summed E-state index contributed by atoms with van der Waals surface area (Å²) < 4.78 is 11.8. The average molecular weight is 486 g/mol. The summed E-state index contributed by atoms with van der Waals surface area (Å²) in [5.41, 5.74) is 2.23. The zero-order valence-corrected chi connectivity index (χ0v) is 22.0. The summed E-state index contributed by atoms with van der Waals surface area (Å²) in [6, 6.07) is 14.0. The van der Waals surface area contributed by atoms with Crippen molar-refractivity contribution in [2.24, 2.45) is 0 Å². The molecule has 1 aromatic carbocycles. The lowest BCUT2D eigenvalue weighted by Crippen LogP contribution is -2.37. The number of hydrogen-bond acceptors (Lipinski definition) is 6. The lowest BCUT2D eigenvalue weighted by Gasteiger charge is -2.21. The first kappa shape index (κ1) is 24.4.